The van der Waals surface area contributed by atoms with Crippen LogP contribution < -0.4 is 10.5 Å². The molecule has 0 bridgehead atoms. The van der Waals surface area contributed by atoms with Crippen molar-refractivity contribution in [2.75, 3.05) is 13.2 Å². The maximum Gasteiger partial charge on any atom is 0.152 e. The minimum atomic E-state index is -1.43. The lowest BCUT2D eigenvalue weighted by Crippen LogP contribution is -2.32. The number of hydrogen-bond acceptors (Lipinski definition) is 3. The van der Waals surface area contributed by atoms with Gasteiger partial charge in [0.2, 0.25) is 0 Å². The Morgan fingerprint density at radius 1 is 1.56 bits per heavy atom. The molecule has 0 spiro atoms. The quantitative estimate of drug-likeness (QED) is 0.832. The van der Waals surface area contributed by atoms with Gasteiger partial charge in [-0.25, -0.2) is 4.39 Å². The number of hydrogen-bond donors (Lipinski definition) is 1. The highest BCUT2D eigenvalue weighted by molar-refractivity contribution is 5.30. The summed E-state index contributed by atoms with van der Waals surface area (Å²) >= 11 is 0. The molecule has 1 aliphatic carbocycles. The molecule has 1 heterocycles. The van der Waals surface area contributed by atoms with Crippen molar-refractivity contribution in [3.63, 3.8) is 0 Å². The van der Waals surface area contributed by atoms with Crippen LogP contribution in [0, 0.1) is 5.92 Å². The molecule has 4 heteroatoms. The summed E-state index contributed by atoms with van der Waals surface area (Å²) in [6.07, 6.45) is 4.96. The first-order chi connectivity index (χ1) is 7.70. The minimum Gasteiger partial charge on any atom is -0.492 e. The Labute approximate surface area is 94.8 Å². The second-order valence-electron chi connectivity index (χ2n) is 4.18. The molecule has 2 rings (SSSR count). The maximum atomic E-state index is 14.6. The van der Waals surface area contributed by atoms with Gasteiger partial charge in [-0.15, -0.1) is 0 Å². The van der Waals surface area contributed by atoms with Crippen molar-refractivity contribution < 1.29 is 9.13 Å². The summed E-state index contributed by atoms with van der Waals surface area (Å²) in [5, 5.41) is 0. The molecule has 1 aromatic heterocycles. The van der Waals surface area contributed by atoms with Crippen LogP contribution in [0.15, 0.2) is 18.5 Å². The third kappa shape index (κ3) is 2.02. The summed E-state index contributed by atoms with van der Waals surface area (Å²) in [6, 6.07) is 1.71. The lowest BCUT2D eigenvalue weighted by atomic mass is 9.92. The molecular weight excluding hydrogens is 207 g/mol. The van der Waals surface area contributed by atoms with E-state index in [0.29, 0.717) is 17.9 Å². The van der Waals surface area contributed by atoms with Crippen molar-refractivity contribution in [1.29, 1.82) is 0 Å². The van der Waals surface area contributed by atoms with Crippen molar-refractivity contribution in [2.45, 2.75) is 25.4 Å². The van der Waals surface area contributed by atoms with E-state index in [-0.39, 0.29) is 12.5 Å². The molecule has 1 aromatic rings. The van der Waals surface area contributed by atoms with Crippen LogP contribution in [0.25, 0.3) is 0 Å². The van der Waals surface area contributed by atoms with E-state index >= 15 is 0 Å². The van der Waals surface area contributed by atoms with Crippen LogP contribution in [0.3, 0.4) is 0 Å². The summed E-state index contributed by atoms with van der Waals surface area (Å²) in [7, 11) is 0. The third-order valence-electron chi connectivity index (χ3n) is 3.03. The summed E-state index contributed by atoms with van der Waals surface area (Å²) in [4.78, 5) is 4.01. The van der Waals surface area contributed by atoms with Gasteiger partial charge in [0.15, 0.2) is 5.67 Å². The Balaban J connectivity index is 2.27. The minimum absolute atomic E-state index is 0.00885. The standard InChI is InChI=1S/C12H17FN2O/c1-2-16-11-5-10(6-15-7-11)12(13,8-14)9-3-4-9/h5-7,9H,2-4,8,14H2,1H3. The number of pyridine rings is 1. The average molecular weight is 224 g/mol. The van der Waals surface area contributed by atoms with Gasteiger partial charge in [-0.1, -0.05) is 0 Å². The molecule has 0 aliphatic heterocycles. The van der Waals surface area contributed by atoms with Crippen LogP contribution in [0.5, 0.6) is 5.75 Å². The second kappa shape index (κ2) is 4.37. The molecule has 0 aromatic carbocycles. The number of aromatic nitrogens is 1. The van der Waals surface area contributed by atoms with Gasteiger partial charge in [0.1, 0.15) is 5.75 Å². The third-order valence-corrected chi connectivity index (χ3v) is 3.03. The lowest BCUT2D eigenvalue weighted by Gasteiger charge is -2.23. The van der Waals surface area contributed by atoms with Gasteiger partial charge in [-0.2, -0.15) is 0 Å². The SMILES string of the molecule is CCOc1cncc(C(F)(CN)C2CC2)c1. The van der Waals surface area contributed by atoms with E-state index in [0.717, 1.165) is 12.8 Å². The highest BCUT2D eigenvalue weighted by Crippen LogP contribution is 2.48. The fourth-order valence-corrected chi connectivity index (χ4v) is 1.95. The topological polar surface area (TPSA) is 48.1 Å². The summed E-state index contributed by atoms with van der Waals surface area (Å²) in [5.41, 5.74) is 4.67. The fourth-order valence-electron chi connectivity index (χ4n) is 1.95. The zero-order valence-electron chi connectivity index (χ0n) is 9.45. The molecule has 2 N–H and O–H groups in total. The second-order valence-corrected chi connectivity index (χ2v) is 4.18. The summed E-state index contributed by atoms with van der Waals surface area (Å²) in [6.45, 7) is 2.45. The number of rotatable bonds is 5. The molecular formula is C12H17FN2O. The van der Waals surface area contributed by atoms with Crippen molar-refractivity contribution >= 4 is 0 Å². The Morgan fingerprint density at radius 3 is 2.88 bits per heavy atom. The van der Waals surface area contributed by atoms with E-state index < -0.39 is 5.67 Å². The predicted molar refractivity (Wildman–Crippen MR) is 60.0 cm³/mol. The first kappa shape index (κ1) is 11.3. The van der Waals surface area contributed by atoms with E-state index in [2.05, 4.69) is 4.98 Å². The Bertz CT molecular complexity index is 368. The molecule has 0 saturated heterocycles. The smallest absolute Gasteiger partial charge is 0.152 e. The van der Waals surface area contributed by atoms with Crippen molar-refractivity contribution in [3.8, 4) is 5.75 Å². The molecule has 1 saturated carbocycles. The van der Waals surface area contributed by atoms with Crippen molar-refractivity contribution in [2.24, 2.45) is 11.7 Å². The van der Waals surface area contributed by atoms with Gasteiger partial charge >= 0.3 is 0 Å². The van der Waals surface area contributed by atoms with Crippen LogP contribution in [-0.4, -0.2) is 18.1 Å². The van der Waals surface area contributed by atoms with Crippen molar-refractivity contribution in [3.05, 3.63) is 24.0 Å². The highest BCUT2D eigenvalue weighted by atomic mass is 19.1. The van der Waals surface area contributed by atoms with E-state index in [1.54, 1.807) is 18.5 Å². The number of nitrogens with two attached hydrogens (primary N) is 1. The Morgan fingerprint density at radius 2 is 2.31 bits per heavy atom. The number of alkyl halides is 1. The van der Waals surface area contributed by atoms with E-state index in [1.807, 2.05) is 6.92 Å². The molecule has 1 aliphatic rings. The van der Waals surface area contributed by atoms with Crippen LogP contribution in [0.2, 0.25) is 0 Å². The Kier molecular flexibility index (Phi) is 3.10. The molecule has 0 amide bonds. The van der Waals surface area contributed by atoms with Crippen LogP contribution in [0.4, 0.5) is 4.39 Å². The summed E-state index contributed by atoms with van der Waals surface area (Å²) < 4.78 is 20.0. The first-order valence-corrected chi connectivity index (χ1v) is 5.68. The van der Waals surface area contributed by atoms with Gasteiger partial charge in [0.25, 0.3) is 0 Å². The largest absolute Gasteiger partial charge is 0.492 e. The molecule has 1 atom stereocenters. The monoisotopic (exact) mass is 224 g/mol. The van der Waals surface area contributed by atoms with Gasteiger partial charge in [0.05, 0.1) is 12.8 Å². The number of halogens is 1. The van der Waals surface area contributed by atoms with E-state index in [4.69, 9.17) is 10.5 Å². The molecule has 0 radical (unpaired) electrons. The maximum absolute atomic E-state index is 14.6. The zero-order chi connectivity index (χ0) is 11.6. The average Bonchev–Trinajstić information content (AvgIpc) is 3.13. The number of nitrogens with zero attached hydrogens (tertiary/aromatic N) is 1. The van der Waals surface area contributed by atoms with Crippen LogP contribution >= 0.6 is 0 Å². The molecule has 3 nitrogen and oxygen atoms in total. The fraction of sp³-hybridized carbons (Fsp3) is 0.583. The van der Waals surface area contributed by atoms with Gasteiger partial charge in [-0.3, -0.25) is 4.98 Å². The normalized spacial score (nSPS) is 19.2. The van der Waals surface area contributed by atoms with E-state index in [1.165, 1.54) is 0 Å². The molecule has 1 fully saturated rings. The Hall–Kier alpha value is -1.16. The van der Waals surface area contributed by atoms with Gasteiger partial charge in [-0.05, 0) is 31.7 Å². The molecule has 1 unspecified atom stereocenters. The van der Waals surface area contributed by atoms with Gasteiger partial charge in [0, 0.05) is 18.3 Å². The van der Waals surface area contributed by atoms with E-state index in [9.17, 15) is 4.39 Å². The summed E-state index contributed by atoms with van der Waals surface area (Å²) in [5.74, 6) is 0.660. The highest BCUT2D eigenvalue weighted by Gasteiger charge is 2.46. The zero-order valence-corrected chi connectivity index (χ0v) is 9.45. The predicted octanol–water partition coefficient (Wildman–Crippen LogP) is 2.01. The van der Waals surface area contributed by atoms with Crippen LogP contribution in [-0.2, 0) is 5.67 Å². The van der Waals surface area contributed by atoms with Gasteiger partial charge < -0.3 is 10.5 Å². The van der Waals surface area contributed by atoms with Crippen LogP contribution in [0.1, 0.15) is 25.3 Å². The van der Waals surface area contributed by atoms with Crippen molar-refractivity contribution in [1.82, 2.24) is 4.98 Å². The molecule has 16 heavy (non-hydrogen) atoms. The number of ether oxygens (including phenoxy) is 1. The lowest BCUT2D eigenvalue weighted by molar-refractivity contribution is 0.142. The molecule has 88 valence electrons. The first-order valence-electron chi connectivity index (χ1n) is 5.68.